The Morgan fingerprint density at radius 3 is 2.25 bits per heavy atom. The first kappa shape index (κ1) is 25.0. The van der Waals surface area contributed by atoms with E-state index in [9.17, 15) is 0 Å². The van der Waals surface area contributed by atoms with Crippen molar-refractivity contribution in [3.63, 3.8) is 0 Å². The molecule has 1 aromatic carbocycles. The Balaban J connectivity index is 1.37. The van der Waals surface area contributed by atoms with E-state index in [2.05, 4.69) is 56.2 Å². The maximum atomic E-state index is 5.98. The van der Waals surface area contributed by atoms with Crippen LogP contribution in [0.5, 0.6) is 0 Å². The first-order chi connectivity index (χ1) is 15.7. The van der Waals surface area contributed by atoms with Crippen LogP contribution in [0.15, 0.2) is 29.3 Å². The van der Waals surface area contributed by atoms with Crippen LogP contribution < -0.4 is 5.32 Å². The average Bonchev–Trinajstić information content (AvgIpc) is 2.84. The Bertz CT molecular complexity index is 665. The minimum atomic E-state index is 0.360. The van der Waals surface area contributed by atoms with E-state index in [0.29, 0.717) is 6.10 Å². The zero-order valence-corrected chi connectivity index (χ0v) is 20.4. The van der Waals surface area contributed by atoms with Crippen molar-refractivity contribution in [2.45, 2.75) is 45.4 Å². The monoisotopic (exact) mass is 445 g/mol. The summed E-state index contributed by atoms with van der Waals surface area (Å²) in [6.45, 7) is 13.5. The van der Waals surface area contributed by atoms with Gasteiger partial charge in [0.15, 0.2) is 5.96 Å². The van der Waals surface area contributed by atoms with Gasteiger partial charge in [0.25, 0.3) is 0 Å². The van der Waals surface area contributed by atoms with Gasteiger partial charge in [0.1, 0.15) is 0 Å². The maximum Gasteiger partial charge on any atom is 0.193 e. The Morgan fingerprint density at radius 1 is 0.969 bits per heavy atom. The van der Waals surface area contributed by atoms with Crippen molar-refractivity contribution in [1.82, 2.24) is 20.0 Å². The smallest absolute Gasteiger partial charge is 0.193 e. The molecule has 0 aliphatic carbocycles. The molecule has 7 nitrogen and oxygen atoms in total. The zero-order valence-electron chi connectivity index (χ0n) is 20.4. The van der Waals surface area contributed by atoms with Crippen LogP contribution in [0.25, 0.3) is 0 Å². The highest BCUT2D eigenvalue weighted by Gasteiger charge is 2.22. The molecule has 0 spiro atoms. The van der Waals surface area contributed by atoms with E-state index in [0.717, 1.165) is 64.6 Å². The van der Waals surface area contributed by atoms with E-state index in [-0.39, 0.29) is 0 Å². The highest BCUT2D eigenvalue weighted by molar-refractivity contribution is 5.79. The number of guanidine groups is 1. The number of hydrogen-bond acceptors (Lipinski definition) is 5. The molecule has 2 saturated heterocycles. The average molecular weight is 446 g/mol. The summed E-state index contributed by atoms with van der Waals surface area (Å²) in [6, 6.07) is 9.05. The van der Waals surface area contributed by atoms with Gasteiger partial charge in [0.05, 0.1) is 6.10 Å². The van der Waals surface area contributed by atoms with Crippen molar-refractivity contribution in [1.29, 1.82) is 0 Å². The highest BCUT2D eigenvalue weighted by Crippen LogP contribution is 2.15. The molecule has 1 N–H and O–H groups in total. The molecule has 0 radical (unpaired) electrons. The summed E-state index contributed by atoms with van der Waals surface area (Å²) in [5, 5.41) is 3.54. The lowest BCUT2D eigenvalue weighted by Crippen LogP contribution is -2.46. The van der Waals surface area contributed by atoms with Crippen molar-refractivity contribution in [3.05, 3.63) is 35.4 Å². The fourth-order valence-corrected chi connectivity index (χ4v) is 4.49. The number of likely N-dealkylation sites (tertiary alicyclic amines) is 1. The van der Waals surface area contributed by atoms with Crippen molar-refractivity contribution in [3.8, 4) is 0 Å². The van der Waals surface area contributed by atoms with Gasteiger partial charge in [-0.25, -0.2) is 0 Å². The van der Waals surface area contributed by atoms with Gasteiger partial charge in [-0.2, -0.15) is 0 Å². The van der Waals surface area contributed by atoms with Gasteiger partial charge in [0, 0.05) is 79.7 Å². The molecule has 7 heteroatoms. The van der Waals surface area contributed by atoms with Crippen LogP contribution in [0, 0.1) is 0 Å². The number of piperazine rings is 1. The molecule has 2 heterocycles. The lowest BCUT2D eigenvalue weighted by atomic mass is 10.1. The summed E-state index contributed by atoms with van der Waals surface area (Å²) in [5.41, 5.74) is 2.69. The predicted octanol–water partition coefficient (Wildman–Crippen LogP) is 2.42. The number of nitrogens with zero attached hydrogens (tertiary/aromatic N) is 4. The molecule has 180 valence electrons. The fraction of sp³-hybridized carbons (Fsp3) is 0.720. The van der Waals surface area contributed by atoms with Crippen LogP contribution in [-0.4, -0.2) is 99.9 Å². The van der Waals surface area contributed by atoms with E-state index in [1.807, 2.05) is 7.05 Å². The Hall–Kier alpha value is -1.67. The summed E-state index contributed by atoms with van der Waals surface area (Å²) < 4.78 is 11.1. The molecule has 2 fully saturated rings. The van der Waals surface area contributed by atoms with Crippen LogP contribution in [0.4, 0.5) is 0 Å². The SMILES string of the molecule is CCN1CCN(Cc2ccc(CNC(=NC)N3CCC(OCCCOC)CC3)cc2)CC1. The van der Waals surface area contributed by atoms with E-state index in [4.69, 9.17) is 9.47 Å². The number of benzene rings is 1. The Kier molecular flexibility index (Phi) is 10.8. The van der Waals surface area contributed by atoms with Crippen molar-refractivity contribution < 1.29 is 9.47 Å². The minimum absolute atomic E-state index is 0.360. The Labute approximate surface area is 194 Å². The number of ether oxygens (including phenoxy) is 2. The largest absolute Gasteiger partial charge is 0.385 e. The van der Waals surface area contributed by atoms with E-state index in [1.54, 1.807) is 7.11 Å². The topological polar surface area (TPSA) is 52.6 Å². The molecule has 2 aliphatic heterocycles. The molecule has 0 bridgehead atoms. The maximum absolute atomic E-state index is 5.98. The lowest BCUT2D eigenvalue weighted by Gasteiger charge is -2.34. The van der Waals surface area contributed by atoms with Gasteiger partial charge in [-0.15, -0.1) is 0 Å². The number of hydrogen-bond donors (Lipinski definition) is 1. The van der Waals surface area contributed by atoms with E-state index >= 15 is 0 Å². The van der Waals surface area contributed by atoms with Gasteiger partial charge >= 0.3 is 0 Å². The number of piperidine rings is 1. The summed E-state index contributed by atoms with van der Waals surface area (Å²) in [6.07, 6.45) is 3.43. The lowest BCUT2D eigenvalue weighted by molar-refractivity contribution is 0.00989. The molecule has 0 saturated carbocycles. The number of methoxy groups -OCH3 is 1. The van der Waals surface area contributed by atoms with Gasteiger partial charge < -0.3 is 24.6 Å². The second-order valence-electron chi connectivity index (χ2n) is 8.83. The highest BCUT2D eigenvalue weighted by atomic mass is 16.5. The van der Waals surface area contributed by atoms with Gasteiger partial charge in [-0.05, 0) is 36.9 Å². The number of aliphatic imine (C=N–C) groups is 1. The standard InChI is InChI=1S/C25H43N5O2/c1-4-28-14-16-29(17-15-28)21-23-8-6-22(7-9-23)20-27-25(26-2)30-12-10-24(11-13-30)32-19-5-18-31-3/h6-9,24H,4-5,10-21H2,1-3H3,(H,26,27). The molecular weight excluding hydrogens is 402 g/mol. The van der Waals surface area contributed by atoms with Crippen LogP contribution >= 0.6 is 0 Å². The molecule has 2 aliphatic rings. The zero-order chi connectivity index (χ0) is 22.6. The second-order valence-corrected chi connectivity index (χ2v) is 8.83. The molecule has 0 unspecified atom stereocenters. The second kappa shape index (κ2) is 13.8. The summed E-state index contributed by atoms with van der Waals surface area (Å²) in [7, 11) is 3.61. The number of rotatable bonds is 10. The third kappa shape index (κ3) is 8.03. The molecule has 0 amide bonds. The molecule has 1 aromatic rings. The first-order valence-corrected chi connectivity index (χ1v) is 12.3. The molecule has 32 heavy (non-hydrogen) atoms. The minimum Gasteiger partial charge on any atom is -0.385 e. The number of nitrogens with one attached hydrogen (secondary N) is 1. The summed E-state index contributed by atoms with van der Waals surface area (Å²) in [5.74, 6) is 0.987. The summed E-state index contributed by atoms with van der Waals surface area (Å²) in [4.78, 5) is 11.9. The van der Waals surface area contributed by atoms with Crippen molar-refractivity contribution in [2.24, 2.45) is 4.99 Å². The van der Waals surface area contributed by atoms with Crippen LogP contribution in [0.3, 0.4) is 0 Å². The predicted molar refractivity (Wildman–Crippen MR) is 131 cm³/mol. The van der Waals surface area contributed by atoms with Crippen LogP contribution in [0.2, 0.25) is 0 Å². The summed E-state index contributed by atoms with van der Waals surface area (Å²) >= 11 is 0. The third-order valence-corrected chi connectivity index (χ3v) is 6.59. The van der Waals surface area contributed by atoms with Gasteiger partial charge in [-0.1, -0.05) is 31.2 Å². The van der Waals surface area contributed by atoms with E-state index in [1.165, 1.54) is 43.9 Å². The van der Waals surface area contributed by atoms with Crippen LogP contribution in [0.1, 0.15) is 37.3 Å². The third-order valence-electron chi connectivity index (χ3n) is 6.59. The van der Waals surface area contributed by atoms with Crippen LogP contribution in [-0.2, 0) is 22.6 Å². The number of likely N-dealkylation sites (N-methyl/N-ethyl adjacent to an activating group) is 1. The normalized spacial score (nSPS) is 19.5. The molecular formula is C25H43N5O2. The molecule has 0 atom stereocenters. The van der Waals surface area contributed by atoms with Gasteiger partial charge in [-0.3, -0.25) is 9.89 Å². The van der Waals surface area contributed by atoms with E-state index < -0.39 is 0 Å². The first-order valence-electron chi connectivity index (χ1n) is 12.3. The molecule has 0 aromatic heterocycles. The Morgan fingerprint density at radius 2 is 1.62 bits per heavy atom. The van der Waals surface area contributed by atoms with Crippen molar-refractivity contribution in [2.75, 3.05) is 73.2 Å². The quantitative estimate of drug-likeness (QED) is 0.339. The van der Waals surface area contributed by atoms with Gasteiger partial charge in [0.2, 0.25) is 0 Å². The molecule has 3 rings (SSSR count). The fourth-order valence-electron chi connectivity index (χ4n) is 4.49. The van der Waals surface area contributed by atoms with Crippen molar-refractivity contribution >= 4 is 5.96 Å².